The number of dihydropyridines is 1. The summed E-state index contributed by atoms with van der Waals surface area (Å²) in [7, 11) is 3.21. The van der Waals surface area contributed by atoms with Crippen LogP contribution in [0.3, 0.4) is 0 Å². The number of hydrogen-bond acceptors (Lipinski definition) is 7. The smallest absolute Gasteiger partial charge is 0.336 e. The average molecular weight is 506 g/mol. The molecule has 0 saturated heterocycles. The number of carbonyl (C=O) groups excluding carboxylic acids is 2. The number of carbonyl (C=O) groups is 2. The van der Waals surface area contributed by atoms with E-state index < -0.39 is 11.9 Å². The number of ketones is 1. The second kappa shape index (κ2) is 11.6. The molecule has 1 aliphatic heterocycles. The number of aryl methyl sites for hydroxylation is 1. The summed E-state index contributed by atoms with van der Waals surface area (Å²) in [6, 6.07) is 13.7. The second-order valence-corrected chi connectivity index (χ2v) is 9.32. The van der Waals surface area contributed by atoms with E-state index in [1.807, 2.05) is 63.2 Å². The van der Waals surface area contributed by atoms with E-state index in [9.17, 15) is 9.59 Å². The Morgan fingerprint density at radius 2 is 1.76 bits per heavy atom. The van der Waals surface area contributed by atoms with Crippen LogP contribution in [0.15, 0.2) is 65.0 Å². The topological polar surface area (TPSA) is 83.1 Å². The van der Waals surface area contributed by atoms with Gasteiger partial charge in [-0.2, -0.15) is 0 Å². The Labute approximate surface area is 218 Å². The largest absolute Gasteiger partial charge is 0.493 e. The van der Waals surface area contributed by atoms with Gasteiger partial charge in [0, 0.05) is 35.9 Å². The Hall–Kier alpha value is -3.58. The molecule has 0 radical (unpaired) electrons. The lowest BCUT2D eigenvalue weighted by Crippen LogP contribution is -2.36. The molecule has 0 unspecified atom stereocenters. The van der Waals surface area contributed by atoms with Crippen LogP contribution in [0.4, 0.5) is 0 Å². The minimum Gasteiger partial charge on any atom is -0.493 e. The van der Waals surface area contributed by atoms with Crippen molar-refractivity contribution in [1.29, 1.82) is 0 Å². The SMILES string of the molecule is CCOCCOC(=O)C1=C(C)NC2=C(C(=O)C[C@H](c3ccc(OC)c(OC)c3)C2)[C@@H]1c1ccccc1C. The Kier molecular flexibility index (Phi) is 8.34. The van der Waals surface area contributed by atoms with Gasteiger partial charge in [-0.3, -0.25) is 4.79 Å². The van der Waals surface area contributed by atoms with E-state index in [1.54, 1.807) is 14.2 Å². The van der Waals surface area contributed by atoms with E-state index in [0.29, 0.717) is 54.4 Å². The van der Waals surface area contributed by atoms with Crippen molar-refractivity contribution in [2.45, 2.75) is 45.4 Å². The Balaban J connectivity index is 1.72. The first kappa shape index (κ1) is 26.5. The van der Waals surface area contributed by atoms with Crippen LogP contribution >= 0.6 is 0 Å². The molecule has 0 aromatic heterocycles. The van der Waals surface area contributed by atoms with Crippen molar-refractivity contribution in [3.05, 3.63) is 81.7 Å². The highest BCUT2D eigenvalue weighted by molar-refractivity contribution is 6.04. The van der Waals surface area contributed by atoms with Gasteiger partial charge in [0.05, 0.1) is 26.4 Å². The van der Waals surface area contributed by atoms with Gasteiger partial charge >= 0.3 is 5.97 Å². The molecule has 1 N–H and O–H groups in total. The van der Waals surface area contributed by atoms with Gasteiger partial charge < -0.3 is 24.3 Å². The van der Waals surface area contributed by atoms with E-state index in [0.717, 1.165) is 22.4 Å². The first-order chi connectivity index (χ1) is 17.9. The van der Waals surface area contributed by atoms with Crippen LogP contribution < -0.4 is 14.8 Å². The molecule has 1 aliphatic carbocycles. The quantitative estimate of drug-likeness (QED) is 0.381. The number of ether oxygens (including phenoxy) is 4. The van der Waals surface area contributed by atoms with Crippen molar-refractivity contribution >= 4 is 11.8 Å². The summed E-state index contributed by atoms with van der Waals surface area (Å²) >= 11 is 0. The monoisotopic (exact) mass is 505 g/mol. The van der Waals surface area contributed by atoms with Gasteiger partial charge in [-0.15, -0.1) is 0 Å². The molecule has 0 saturated carbocycles. The predicted molar refractivity (Wildman–Crippen MR) is 141 cm³/mol. The molecular weight excluding hydrogens is 470 g/mol. The lowest BCUT2D eigenvalue weighted by atomic mass is 9.71. The number of esters is 1. The van der Waals surface area contributed by atoms with Crippen LogP contribution in [0, 0.1) is 6.92 Å². The third-order valence-corrected chi connectivity index (χ3v) is 7.09. The molecular formula is C30H35NO6. The highest BCUT2D eigenvalue weighted by Crippen LogP contribution is 2.47. The maximum absolute atomic E-state index is 13.8. The zero-order valence-electron chi connectivity index (χ0n) is 22.2. The van der Waals surface area contributed by atoms with E-state index in [1.165, 1.54) is 0 Å². The summed E-state index contributed by atoms with van der Waals surface area (Å²) in [5.41, 5.74) is 5.64. The molecule has 2 aromatic rings. The van der Waals surface area contributed by atoms with Crippen molar-refractivity contribution in [3.63, 3.8) is 0 Å². The van der Waals surface area contributed by atoms with Gasteiger partial charge in [-0.05, 0) is 61.9 Å². The van der Waals surface area contributed by atoms with Gasteiger partial charge in [0.2, 0.25) is 0 Å². The molecule has 7 heteroatoms. The molecule has 0 fully saturated rings. The van der Waals surface area contributed by atoms with E-state index in [-0.39, 0.29) is 18.3 Å². The lowest BCUT2D eigenvalue weighted by Gasteiger charge is -2.37. The number of allylic oxidation sites excluding steroid dienone is 3. The molecule has 2 aliphatic rings. The predicted octanol–water partition coefficient (Wildman–Crippen LogP) is 4.95. The minimum atomic E-state index is -0.490. The van der Waals surface area contributed by atoms with Gasteiger partial charge in [0.15, 0.2) is 17.3 Å². The fraction of sp³-hybridized carbons (Fsp3) is 0.400. The minimum absolute atomic E-state index is 0.0221. The summed E-state index contributed by atoms with van der Waals surface area (Å²) in [6.07, 6.45) is 0.979. The molecule has 0 spiro atoms. The third kappa shape index (κ3) is 5.42. The molecule has 0 amide bonds. The van der Waals surface area contributed by atoms with E-state index >= 15 is 0 Å². The van der Waals surface area contributed by atoms with Crippen molar-refractivity contribution in [2.24, 2.45) is 0 Å². The maximum Gasteiger partial charge on any atom is 0.336 e. The van der Waals surface area contributed by atoms with Crippen LogP contribution in [0.2, 0.25) is 0 Å². The van der Waals surface area contributed by atoms with E-state index in [4.69, 9.17) is 18.9 Å². The second-order valence-electron chi connectivity index (χ2n) is 9.32. The number of Topliss-reactive ketones (excluding diaryl/α,β-unsaturated/α-hetero) is 1. The third-order valence-electron chi connectivity index (χ3n) is 7.09. The summed E-state index contributed by atoms with van der Waals surface area (Å²) in [5.74, 6) is 0.359. The molecule has 0 bridgehead atoms. The highest BCUT2D eigenvalue weighted by Gasteiger charge is 2.42. The van der Waals surface area contributed by atoms with Gasteiger partial charge in [0.25, 0.3) is 0 Å². The van der Waals surface area contributed by atoms with Crippen LogP contribution in [0.1, 0.15) is 55.2 Å². The molecule has 196 valence electrons. The lowest BCUT2D eigenvalue weighted by molar-refractivity contribution is -0.140. The summed E-state index contributed by atoms with van der Waals surface area (Å²) in [5, 5.41) is 3.40. The summed E-state index contributed by atoms with van der Waals surface area (Å²) in [6.45, 7) is 6.82. The molecule has 4 rings (SSSR count). The first-order valence-electron chi connectivity index (χ1n) is 12.7. The van der Waals surface area contributed by atoms with Crippen molar-refractivity contribution in [3.8, 4) is 11.5 Å². The molecule has 2 aromatic carbocycles. The van der Waals surface area contributed by atoms with Crippen LogP contribution in [-0.4, -0.2) is 45.8 Å². The fourth-order valence-corrected chi connectivity index (χ4v) is 5.29. The highest BCUT2D eigenvalue weighted by atomic mass is 16.6. The average Bonchev–Trinajstić information content (AvgIpc) is 2.90. The Morgan fingerprint density at radius 3 is 2.46 bits per heavy atom. The van der Waals surface area contributed by atoms with Crippen molar-refractivity contribution in [2.75, 3.05) is 34.0 Å². The van der Waals surface area contributed by atoms with Gasteiger partial charge in [-0.25, -0.2) is 4.79 Å². The van der Waals surface area contributed by atoms with Crippen molar-refractivity contribution < 1.29 is 28.5 Å². The zero-order valence-corrected chi connectivity index (χ0v) is 22.2. The number of nitrogens with one attached hydrogen (secondary N) is 1. The Morgan fingerprint density at radius 1 is 1.00 bits per heavy atom. The van der Waals surface area contributed by atoms with Crippen LogP contribution in [0.5, 0.6) is 11.5 Å². The number of benzene rings is 2. The zero-order chi connectivity index (χ0) is 26.5. The van der Waals surface area contributed by atoms with Crippen molar-refractivity contribution in [1.82, 2.24) is 5.32 Å². The van der Waals surface area contributed by atoms with Crippen LogP contribution in [-0.2, 0) is 19.1 Å². The molecule has 7 nitrogen and oxygen atoms in total. The summed E-state index contributed by atoms with van der Waals surface area (Å²) in [4.78, 5) is 27.1. The van der Waals surface area contributed by atoms with Gasteiger partial charge in [-0.1, -0.05) is 30.3 Å². The van der Waals surface area contributed by atoms with E-state index in [2.05, 4.69) is 5.32 Å². The van der Waals surface area contributed by atoms with Gasteiger partial charge in [0.1, 0.15) is 6.61 Å². The molecule has 2 atom stereocenters. The number of methoxy groups -OCH3 is 2. The summed E-state index contributed by atoms with van der Waals surface area (Å²) < 4.78 is 21.8. The molecule has 37 heavy (non-hydrogen) atoms. The normalized spacial score (nSPS) is 19.3. The number of hydrogen-bond donors (Lipinski definition) is 1. The number of rotatable bonds is 9. The fourth-order valence-electron chi connectivity index (χ4n) is 5.29. The first-order valence-corrected chi connectivity index (χ1v) is 12.7. The molecule has 1 heterocycles. The standard InChI is InChI=1S/C30H35NO6/c1-6-36-13-14-37-30(33)27-19(3)31-23-15-21(20-11-12-25(34-4)26(17-20)35-5)16-24(32)29(23)28(27)22-10-8-7-9-18(22)2/h7-12,17,21,28,31H,6,13-16H2,1-5H3/t21-,28-/m1/s1. The Bertz CT molecular complexity index is 1240. The maximum atomic E-state index is 13.8. The van der Waals surface area contributed by atoms with Crippen LogP contribution in [0.25, 0.3) is 0 Å².